The van der Waals surface area contributed by atoms with Crippen molar-refractivity contribution in [2.75, 3.05) is 6.73 Å². The van der Waals surface area contributed by atoms with Gasteiger partial charge in [-0.15, -0.1) is 0 Å². The summed E-state index contributed by atoms with van der Waals surface area (Å²) in [5.74, 6) is 0.783. The van der Waals surface area contributed by atoms with Gasteiger partial charge in [-0.1, -0.05) is 60.2 Å². The van der Waals surface area contributed by atoms with E-state index in [1.165, 1.54) is 11.1 Å². The van der Waals surface area contributed by atoms with Crippen LogP contribution < -0.4 is 10.4 Å². The minimum absolute atomic E-state index is 0.347. The summed E-state index contributed by atoms with van der Waals surface area (Å²) in [5.41, 5.74) is 5.55. The van der Waals surface area contributed by atoms with Gasteiger partial charge in [0.15, 0.2) is 0 Å². The van der Waals surface area contributed by atoms with Crippen molar-refractivity contribution in [2.24, 2.45) is 0 Å². The third-order valence-corrected chi connectivity index (χ3v) is 5.37. The van der Waals surface area contributed by atoms with Crippen LogP contribution in [0, 0.1) is 6.92 Å². The van der Waals surface area contributed by atoms with Gasteiger partial charge in [0.2, 0.25) is 0 Å². The normalized spacial score (nSPS) is 13.8. The molecular formula is C25H21NO3. The van der Waals surface area contributed by atoms with E-state index in [9.17, 15) is 4.79 Å². The van der Waals surface area contributed by atoms with E-state index in [-0.39, 0.29) is 5.63 Å². The summed E-state index contributed by atoms with van der Waals surface area (Å²) >= 11 is 0. The summed E-state index contributed by atoms with van der Waals surface area (Å²) < 4.78 is 11.7. The van der Waals surface area contributed by atoms with E-state index in [0.29, 0.717) is 18.9 Å². The molecular weight excluding hydrogens is 362 g/mol. The molecule has 4 heteroatoms. The Morgan fingerprint density at radius 1 is 0.966 bits per heavy atom. The monoisotopic (exact) mass is 383 g/mol. The van der Waals surface area contributed by atoms with Crippen LogP contribution in [0.2, 0.25) is 0 Å². The molecule has 0 aliphatic carbocycles. The molecule has 0 saturated heterocycles. The molecule has 0 saturated carbocycles. The first-order valence-electron chi connectivity index (χ1n) is 9.73. The summed E-state index contributed by atoms with van der Waals surface area (Å²) in [6, 6.07) is 24.0. The zero-order chi connectivity index (χ0) is 19.8. The lowest BCUT2D eigenvalue weighted by molar-refractivity contribution is 0.0890. The average molecular weight is 383 g/mol. The zero-order valence-corrected chi connectivity index (χ0v) is 16.2. The van der Waals surface area contributed by atoms with Gasteiger partial charge in [-0.25, -0.2) is 4.79 Å². The zero-order valence-electron chi connectivity index (χ0n) is 16.2. The van der Waals surface area contributed by atoms with E-state index in [4.69, 9.17) is 9.15 Å². The van der Waals surface area contributed by atoms with E-state index in [0.717, 1.165) is 34.4 Å². The van der Waals surface area contributed by atoms with Crippen molar-refractivity contribution in [3.05, 3.63) is 99.9 Å². The maximum Gasteiger partial charge on any atom is 0.336 e. The first-order valence-corrected chi connectivity index (χ1v) is 9.73. The van der Waals surface area contributed by atoms with Crippen molar-refractivity contribution in [1.82, 2.24) is 4.90 Å². The van der Waals surface area contributed by atoms with Crippen LogP contribution in [0.15, 0.2) is 82.0 Å². The lowest BCUT2D eigenvalue weighted by Gasteiger charge is -2.29. The van der Waals surface area contributed by atoms with Gasteiger partial charge >= 0.3 is 5.63 Å². The topological polar surface area (TPSA) is 42.7 Å². The number of hydrogen-bond acceptors (Lipinski definition) is 4. The Balaban J connectivity index is 1.56. The fraction of sp³-hybridized carbons (Fsp3) is 0.160. The quantitative estimate of drug-likeness (QED) is 0.461. The fourth-order valence-electron chi connectivity index (χ4n) is 3.89. The molecule has 0 amide bonds. The first kappa shape index (κ1) is 17.7. The molecule has 5 rings (SSSR count). The summed E-state index contributed by atoms with van der Waals surface area (Å²) in [6.07, 6.45) is 0. The third kappa shape index (κ3) is 3.43. The summed E-state index contributed by atoms with van der Waals surface area (Å²) in [7, 11) is 0. The third-order valence-electron chi connectivity index (χ3n) is 5.37. The van der Waals surface area contributed by atoms with Crippen LogP contribution in [0.3, 0.4) is 0 Å². The molecule has 4 nitrogen and oxygen atoms in total. The van der Waals surface area contributed by atoms with Crippen LogP contribution in [0.4, 0.5) is 0 Å². The second-order valence-electron chi connectivity index (χ2n) is 7.51. The van der Waals surface area contributed by atoms with Crippen molar-refractivity contribution in [3.63, 3.8) is 0 Å². The van der Waals surface area contributed by atoms with Crippen molar-refractivity contribution in [1.29, 1.82) is 0 Å². The predicted octanol–water partition coefficient (Wildman–Crippen LogP) is 5.12. The van der Waals surface area contributed by atoms with Crippen molar-refractivity contribution in [2.45, 2.75) is 20.0 Å². The van der Waals surface area contributed by atoms with Crippen molar-refractivity contribution >= 4 is 11.0 Å². The lowest BCUT2D eigenvalue weighted by atomic mass is 9.99. The molecule has 0 radical (unpaired) electrons. The van der Waals surface area contributed by atoms with E-state index in [2.05, 4.69) is 36.1 Å². The minimum Gasteiger partial charge on any atom is -0.478 e. The number of benzene rings is 3. The molecule has 0 fully saturated rings. The van der Waals surface area contributed by atoms with E-state index >= 15 is 0 Å². The van der Waals surface area contributed by atoms with E-state index in [1.807, 2.05) is 42.5 Å². The van der Waals surface area contributed by atoms with E-state index in [1.54, 1.807) is 6.07 Å². The number of rotatable bonds is 3. The Labute approximate surface area is 169 Å². The number of aryl methyl sites for hydroxylation is 1. The first-order chi connectivity index (χ1) is 14.2. The van der Waals surface area contributed by atoms with Gasteiger partial charge in [0, 0.05) is 24.5 Å². The molecule has 4 aromatic rings. The molecule has 1 aliphatic heterocycles. The van der Waals surface area contributed by atoms with Gasteiger partial charge in [0.05, 0.1) is 5.56 Å². The Hall–Kier alpha value is -3.37. The molecule has 0 spiro atoms. The highest BCUT2D eigenvalue weighted by Gasteiger charge is 2.22. The Morgan fingerprint density at radius 3 is 2.55 bits per heavy atom. The SMILES string of the molecule is Cc1ccc(CN2COc3ccc4c(-c5ccccc5)cc(=O)oc4c3C2)cc1. The molecule has 0 unspecified atom stereocenters. The smallest absolute Gasteiger partial charge is 0.336 e. The number of fused-ring (bicyclic) bond motifs is 3. The largest absolute Gasteiger partial charge is 0.478 e. The van der Waals surface area contributed by atoms with Gasteiger partial charge in [0.1, 0.15) is 18.1 Å². The molecule has 0 atom stereocenters. The summed E-state index contributed by atoms with van der Waals surface area (Å²) in [5, 5.41) is 0.926. The van der Waals surface area contributed by atoms with Gasteiger partial charge in [-0.3, -0.25) is 4.90 Å². The van der Waals surface area contributed by atoms with Gasteiger partial charge < -0.3 is 9.15 Å². The number of nitrogens with zero attached hydrogens (tertiary/aromatic N) is 1. The highest BCUT2D eigenvalue weighted by Crippen LogP contribution is 2.36. The number of hydrogen-bond donors (Lipinski definition) is 0. The molecule has 144 valence electrons. The standard InChI is InChI=1S/C25H21NO3/c1-17-7-9-18(10-8-17)14-26-15-22-23(28-16-26)12-11-20-21(13-24(27)29-25(20)22)19-5-3-2-4-6-19/h2-13H,14-16H2,1H3. The summed E-state index contributed by atoms with van der Waals surface area (Å²) in [4.78, 5) is 14.6. The molecule has 3 aromatic carbocycles. The van der Waals surface area contributed by atoms with Crippen LogP contribution in [0.1, 0.15) is 16.7 Å². The lowest BCUT2D eigenvalue weighted by Crippen LogP contribution is -2.31. The molecule has 29 heavy (non-hydrogen) atoms. The van der Waals surface area contributed by atoms with Gasteiger partial charge in [-0.05, 0) is 35.7 Å². The van der Waals surface area contributed by atoms with Gasteiger partial charge in [0.25, 0.3) is 0 Å². The Kier molecular flexibility index (Phi) is 4.41. The van der Waals surface area contributed by atoms with Crippen molar-refractivity contribution in [3.8, 4) is 16.9 Å². The maximum atomic E-state index is 12.3. The molecule has 1 aliphatic rings. The second-order valence-corrected chi connectivity index (χ2v) is 7.51. The molecule has 1 aromatic heterocycles. The van der Waals surface area contributed by atoms with Crippen LogP contribution in [-0.4, -0.2) is 11.6 Å². The van der Waals surface area contributed by atoms with E-state index < -0.39 is 0 Å². The van der Waals surface area contributed by atoms with Crippen LogP contribution >= 0.6 is 0 Å². The van der Waals surface area contributed by atoms with Gasteiger partial charge in [-0.2, -0.15) is 0 Å². The van der Waals surface area contributed by atoms with Crippen LogP contribution in [0.5, 0.6) is 5.75 Å². The highest BCUT2D eigenvalue weighted by atomic mass is 16.5. The fourth-order valence-corrected chi connectivity index (χ4v) is 3.89. The minimum atomic E-state index is -0.347. The Bertz CT molecular complexity index is 1230. The number of ether oxygens (including phenoxy) is 1. The summed E-state index contributed by atoms with van der Waals surface area (Å²) in [6.45, 7) is 4.04. The average Bonchev–Trinajstić information content (AvgIpc) is 2.75. The highest BCUT2D eigenvalue weighted by molar-refractivity contribution is 5.95. The van der Waals surface area contributed by atoms with Crippen LogP contribution in [-0.2, 0) is 13.1 Å². The molecule has 0 N–H and O–H groups in total. The molecule has 2 heterocycles. The Morgan fingerprint density at radius 2 is 1.76 bits per heavy atom. The van der Waals surface area contributed by atoms with Crippen LogP contribution in [0.25, 0.3) is 22.1 Å². The van der Waals surface area contributed by atoms with Crippen molar-refractivity contribution < 1.29 is 9.15 Å². The predicted molar refractivity (Wildman–Crippen MR) is 114 cm³/mol. The molecule has 0 bridgehead atoms. The second kappa shape index (κ2) is 7.22. The maximum absolute atomic E-state index is 12.3.